The first-order valence-corrected chi connectivity index (χ1v) is 8.46. The first kappa shape index (κ1) is 19.6. The summed E-state index contributed by atoms with van der Waals surface area (Å²) in [6, 6.07) is 0. The Labute approximate surface area is 154 Å². The molecule has 22 heavy (non-hydrogen) atoms. The van der Waals surface area contributed by atoms with Gasteiger partial charge in [0, 0.05) is 38.0 Å². The van der Waals surface area contributed by atoms with Crippen LogP contribution in [0, 0.1) is 19.8 Å². The molecular weight excluding hydrogens is 411 g/mol. The van der Waals surface area contributed by atoms with Crippen molar-refractivity contribution in [3.05, 3.63) is 15.6 Å². The van der Waals surface area contributed by atoms with Gasteiger partial charge in [-0.15, -0.1) is 35.3 Å². The Balaban J connectivity index is 0.00000242. The lowest BCUT2D eigenvalue weighted by Gasteiger charge is -2.11. The average molecular weight is 438 g/mol. The Hall–Kier alpha value is -0.410. The molecule has 0 saturated heterocycles. The molecule has 0 bridgehead atoms. The molecule has 1 aliphatic carbocycles. The number of nitrogens with one attached hydrogen (secondary N) is 2. The highest BCUT2D eigenvalue weighted by Crippen LogP contribution is 2.28. The first-order valence-electron chi connectivity index (χ1n) is 7.64. The van der Waals surface area contributed by atoms with E-state index in [1.54, 1.807) is 18.4 Å². The van der Waals surface area contributed by atoms with Crippen LogP contribution < -0.4 is 10.6 Å². The molecule has 1 aromatic heterocycles. The van der Waals surface area contributed by atoms with Crippen molar-refractivity contribution in [1.82, 2.24) is 15.6 Å². The van der Waals surface area contributed by atoms with Gasteiger partial charge >= 0.3 is 0 Å². The summed E-state index contributed by atoms with van der Waals surface area (Å²) in [7, 11) is 1.79. The van der Waals surface area contributed by atoms with E-state index in [0.717, 1.165) is 50.3 Å². The molecule has 1 saturated carbocycles. The predicted molar refractivity (Wildman–Crippen MR) is 104 cm³/mol. The molecular formula is C15H27IN4OS. The fourth-order valence-corrected chi connectivity index (χ4v) is 2.86. The Bertz CT molecular complexity index is 455. The number of aryl methyl sites for hydroxylation is 2. The summed E-state index contributed by atoms with van der Waals surface area (Å²) in [5.74, 6) is 1.66. The molecule has 7 heteroatoms. The molecule has 1 aromatic rings. The number of aliphatic imine (C=N–C) groups is 1. The Morgan fingerprint density at radius 1 is 1.32 bits per heavy atom. The van der Waals surface area contributed by atoms with Crippen molar-refractivity contribution in [3.8, 4) is 0 Å². The second-order valence-electron chi connectivity index (χ2n) is 5.44. The Kier molecular flexibility index (Phi) is 9.27. The lowest BCUT2D eigenvalue weighted by atomic mass is 10.4. The quantitative estimate of drug-likeness (QED) is 0.284. The predicted octanol–water partition coefficient (Wildman–Crippen LogP) is 2.51. The van der Waals surface area contributed by atoms with E-state index in [1.165, 1.54) is 22.7 Å². The van der Waals surface area contributed by atoms with Gasteiger partial charge < -0.3 is 15.4 Å². The summed E-state index contributed by atoms with van der Waals surface area (Å²) < 4.78 is 5.59. The van der Waals surface area contributed by atoms with Crippen molar-refractivity contribution in [3.63, 3.8) is 0 Å². The topological polar surface area (TPSA) is 58.5 Å². The van der Waals surface area contributed by atoms with E-state index in [2.05, 4.69) is 34.5 Å². The summed E-state index contributed by atoms with van der Waals surface area (Å²) in [5.41, 5.74) is 1.14. The van der Waals surface area contributed by atoms with Crippen LogP contribution in [-0.4, -0.2) is 44.3 Å². The third-order valence-corrected chi connectivity index (χ3v) is 4.65. The molecule has 0 aliphatic heterocycles. The number of hydrogen-bond acceptors (Lipinski definition) is 4. The molecule has 126 valence electrons. The van der Waals surface area contributed by atoms with Gasteiger partial charge in [-0.05, 0) is 32.6 Å². The molecule has 0 amide bonds. The van der Waals surface area contributed by atoms with Crippen molar-refractivity contribution >= 4 is 41.3 Å². The zero-order chi connectivity index (χ0) is 15.1. The number of thiazole rings is 1. The largest absolute Gasteiger partial charge is 0.379 e. The molecule has 0 unspecified atom stereocenters. The molecule has 2 N–H and O–H groups in total. The summed E-state index contributed by atoms with van der Waals surface area (Å²) in [6.07, 6.45) is 3.61. The third kappa shape index (κ3) is 7.23. The molecule has 5 nitrogen and oxygen atoms in total. The summed E-state index contributed by atoms with van der Waals surface area (Å²) in [5, 5.41) is 7.75. The summed E-state index contributed by atoms with van der Waals surface area (Å²) >= 11 is 1.78. The number of hydrogen-bond donors (Lipinski definition) is 2. The minimum Gasteiger partial charge on any atom is -0.379 e. The zero-order valence-electron chi connectivity index (χ0n) is 13.6. The van der Waals surface area contributed by atoms with Crippen LogP contribution >= 0.6 is 35.3 Å². The van der Waals surface area contributed by atoms with Crippen LogP contribution in [0.1, 0.15) is 28.4 Å². The maximum Gasteiger partial charge on any atom is 0.191 e. The van der Waals surface area contributed by atoms with Crippen molar-refractivity contribution < 1.29 is 4.74 Å². The molecule has 0 aromatic carbocycles. The van der Waals surface area contributed by atoms with E-state index in [1.807, 2.05) is 0 Å². The standard InChI is InChI=1S/C15H26N4OS.HI/c1-11-12(2)21-14(19-11)6-7-17-15(16-3)18-8-9-20-10-13-4-5-13;/h13H,4-10H2,1-3H3,(H2,16,17,18);1H. The van der Waals surface area contributed by atoms with E-state index in [9.17, 15) is 0 Å². The van der Waals surface area contributed by atoms with Gasteiger partial charge in [0.15, 0.2) is 5.96 Å². The number of nitrogens with zero attached hydrogens (tertiary/aromatic N) is 2. The van der Waals surface area contributed by atoms with Crippen LogP contribution in [0.15, 0.2) is 4.99 Å². The highest BCUT2D eigenvalue weighted by atomic mass is 127. The zero-order valence-corrected chi connectivity index (χ0v) is 16.8. The van der Waals surface area contributed by atoms with Gasteiger partial charge in [-0.3, -0.25) is 4.99 Å². The van der Waals surface area contributed by atoms with Gasteiger partial charge in [-0.2, -0.15) is 0 Å². The van der Waals surface area contributed by atoms with Crippen molar-refractivity contribution in [2.45, 2.75) is 33.1 Å². The van der Waals surface area contributed by atoms with Crippen LogP contribution in [-0.2, 0) is 11.2 Å². The lowest BCUT2D eigenvalue weighted by molar-refractivity contribution is 0.129. The van der Waals surface area contributed by atoms with Crippen LogP contribution in [0.4, 0.5) is 0 Å². The van der Waals surface area contributed by atoms with E-state index in [-0.39, 0.29) is 24.0 Å². The van der Waals surface area contributed by atoms with Crippen LogP contribution in [0.25, 0.3) is 0 Å². The molecule has 0 spiro atoms. The first-order chi connectivity index (χ1) is 10.2. The van der Waals surface area contributed by atoms with Gasteiger partial charge in [0.1, 0.15) is 0 Å². The lowest BCUT2D eigenvalue weighted by Crippen LogP contribution is -2.39. The molecule has 1 aliphatic rings. The number of guanidine groups is 1. The Morgan fingerprint density at radius 2 is 2.05 bits per heavy atom. The molecule has 0 atom stereocenters. The SMILES string of the molecule is CN=C(NCCOCC1CC1)NCCc1nc(C)c(C)s1.I. The van der Waals surface area contributed by atoms with E-state index in [0.29, 0.717) is 0 Å². The minimum atomic E-state index is 0. The number of halogens is 1. The van der Waals surface area contributed by atoms with Crippen LogP contribution in [0.5, 0.6) is 0 Å². The highest BCUT2D eigenvalue weighted by Gasteiger charge is 2.20. The summed E-state index contributed by atoms with van der Waals surface area (Å²) in [6.45, 7) is 7.46. The highest BCUT2D eigenvalue weighted by molar-refractivity contribution is 14.0. The normalized spacial score (nSPS) is 14.6. The van der Waals surface area contributed by atoms with Gasteiger partial charge in [0.2, 0.25) is 0 Å². The Morgan fingerprint density at radius 3 is 2.64 bits per heavy atom. The summed E-state index contributed by atoms with van der Waals surface area (Å²) in [4.78, 5) is 10.1. The van der Waals surface area contributed by atoms with Gasteiger partial charge in [-0.1, -0.05) is 0 Å². The second kappa shape index (κ2) is 10.4. The molecule has 1 fully saturated rings. The fraction of sp³-hybridized carbons (Fsp3) is 0.733. The number of aromatic nitrogens is 1. The van der Waals surface area contributed by atoms with E-state index >= 15 is 0 Å². The smallest absolute Gasteiger partial charge is 0.191 e. The maximum absolute atomic E-state index is 5.59. The van der Waals surface area contributed by atoms with Crippen LogP contribution in [0.2, 0.25) is 0 Å². The van der Waals surface area contributed by atoms with Gasteiger partial charge in [0.25, 0.3) is 0 Å². The van der Waals surface area contributed by atoms with E-state index < -0.39 is 0 Å². The van der Waals surface area contributed by atoms with Crippen molar-refractivity contribution in [2.24, 2.45) is 10.9 Å². The van der Waals surface area contributed by atoms with Gasteiger partial charge in [-0.25, -0.2) is 4.98 Å². The molecule has 1 heterocycles. The number of ether oxygens (including phenoxy) is 1. The number of rotatable bonds is 8. The maximum atomic E-state index is 5.59. The van der Waals surface area contributed by atoms with E-state index in [4.69, 9.17) is 4.74 Å². The van der Waals surface area contributed by atoms with Gasteiger partial charge in [0.05, 0.1) is 17.3 Å². The fourth-order valence-electron chi connectivity index (χ4n) is 1.93. The van der Waals surface area contributed by atoms with Crippen LogP contribution in [0.3, 0.4) is 0 Å². The molecule has 0 radical (unpaired) electrons. The average Bonchev–Trinajstić information content (AvgIpc) is 3.23. The monoisotopic (exact) mass is 438 g/mol. The van der Waals surface area contributed by atoms with Crippen molar-refractivity contribution in [2.75, 3.05) is 33.4 Å². The molecule has 2 rings (SSSR count). The second-order valence-corrected chi connectivity index (χ2v) is 6.73. The van der Waals surface area contributed by atoms with Crippen molar-refractivity contribution in [1.29, 1.82) is 0 Å². The third-order valence-electron chi connectivity index (χ3n) is 3.52. The minimum absolute atomic E-state index is 0.